The van der Waals surface area contributed by atoms with Crippen molar-refractivity contribution in [1.29, 1.82) is 0 Å². The second-order valence-electron chi connectivity index (χ2n) is 3.66. The minimum absolute atomic E-state index is 0.0282. The first-order valence-electron chi connectivity index (χ1n) is 5.01. The van der Waals surface area contributed by atoms with Gasteiger partial charge in [-0.1, -0.05) is 0 Å². The van der Waals surface area contributed by atoms with E-state index >= 15 is 0 Å². The molecule has 80 valence electrons. The van der Waals surface area contributed by atoms with Crippen LogP contribution in [0, 0.1) is 0 Å². The summed E-state index contributed by atoms with van der Waals surface area (Å²) < 4.78 is 7.01. The van der Waals surface area contributed by atoms with Crippen molar-refractivity contribution in [3.63, 3.8) is 0 Å². The van der Waals surface area contributed by atoms with Gasteiger partial charge in [0.25, 0.3) is 0 Å². The minimum atomic E-state index is 0.0282. The van der Waals surface area contributed by atoms with Crippen LogP contribution in [0.2, 0.25) is 0 Å². The van der Waals surface area contributed by atoms with Gasteiger partial charge in [0.1, 0.15) is 5.82 Å². The summed E-state index contributed by atoms with van der Waals surface area (Å²) in [6.45, 7) is 0. The zero-order chi connectivity index (χ0) is 10.7. The van der Waals surface area contributed by atoms with Crippen LogP contribution in [0.3, 0.4) is 0 Å². The maximum atomic E-state index is 6.01. The molecule has 0 aliphatic rings. The van der Waals surface area contributed by atoms with E-state index in [0.717, 1.165) is 24.2 Å². The highest BCUT2D eigenvalue weighted by Crippen LogP contribution is 2.16. The predicted octanol–water partition coefficient (Wildman–Crippen LogP) is 1.65. The van der Waals surface area contributed by atoms with Crippen molar-refractivity contribution >= 4 is 0 Å². The maximum absolute atomic E-state index is 6.01. The van der Waals surface area contributed by atoms with Gasteiger partial charge in [-0.15, -0.1) is 0 Å². The fourth-order valence-electron chi connectivity index (χ4n) is 1.57. The molecule has 0 bridgehead atoms. The normalized spacial score (nSPS) is 12.9. The largest absolute Gasteiger partial charge is 0.472 e. The van der Waals surface area contributed by atoms with Crippen molar-refractivity contribution in [2.45, 2.75) is 18.9 Å². The lowest BCUT2D eigenvalue weighted by molar-refractivity contribution is 0.552. The zero-order valence-electron chi connectivity index (χ0n) is 8.76. The van der Waals surface area contributed by atoms with Crippen LogP contribution in [-0.2, 0) is 13.5 Å². The third-order valence-corrected chi connectivity index (χ3v) is 2.57. The molecule has 2 heterocycles. The molecule has 0 saturated heterocycles. The van der Waals surface area contributed by atoms with Gasteiger partial charge in [-0.05, 0) is 12.5 Å². The van der Waals surface area contributed by atoms with Gasteiger partial charge >= 0.3 is 0 Å². The topological polar surface area (TPSA) is 57.0 Å². The molecule has 0 spiro atoms. The van der Waals surface area contributed by atoms with Crippen LogP contribution >= 0.6 is 0 Å². The van der Waals surface area contributed by atoms with Crippen molar-refractivity contribution in [3.8, 4) is 0 Å². The predicted molar refractivity (Wildman–Crippen MR) is 57.2 cm³/mol. The van der Waals surface area contributed by atoms with Gasteiger partial charge in [-0.25, -0.2) is 4.98 Å². The number of nitrogens with zero attached hydrogens (tertiary/aromatic N) is 2. The molecule has 0 aliphatic heterocycles. The number of furan rings is 1. The van der Waals surface area contributed by atoms with Crippen LogP contribution in [0.4, 0.5) is 0 Å². The van der Waals surface area contributed by atoms with Crippen molar-refractivity contribution in [2.75, 3.05) is 0 Å². The van der Waals surface area contributed by atoms with Crippen molar-refractivity contribution in [1.82, 2.24) is 9.55 Å². The number of hydrogen-bond donors (Lipinski definition) is 1. The third kappa shape index (κ3) is 2.27. The Morgan fingerprint density at radius 3 is 3.07 bits per heavy atom. The first-order valence-corrected chi connectivity index (χ1v) is 5.01. The zero-order valence-corrected chi connectivity index (χ0v) is 8.76. The van der Waals surface area contributed by atoms with Crippen LogP contribution in [0.25, 0.3) is 0 Å². The fraction of sp³-hybridized carbons (Fsp3) is 0.364. The number of aryl methyl sites for hydroxylation is 2. The lowest BCUT2D eigenvalue weighted by atomic mass is 10.1. The highest BCUT2D eigenvalue weighted by atomic mass is 16.3. The summed E-state index contributed by atoms with van der Waals surface area (Å²) in [7, 11) is 1.99. The van der Waals surface area contributed by atoms with Crippen LogP contribution in [-0.4, -0.2) is 9.55 Å². The number of nitrogens with two attached hydrogens (primary N) is 1. The summed E-state index contributed by atoms with van der Waals surface area (Å²) in [5.74, 6) is 1.06. The molecule has 2 N–H and O–H groups in total. The summed E-state index contributed by atoms with van der Waals surface area (Å²) in [6, 6.07) is 1.93. The van der Waals surface area contributed by atoms with E-state index in [0.29, 0.717) is 0 Å². The third-order valence-electron chi connectivity index (χ3n) is 2.57. The minimum Gasteiger partial charge on any atom is -0.472 e. The summed E-state index contributed by atoms with van der Waals surface area (Å²) >= 11 is 0. The monoisotopic (exact) mass is 205 g/mol. The average Bonchev–Trinajstić information content (AvgIpc) is 2.85. The van der Waals surface area contributed by atoms with Gasteiger partial charge in [0.2, 0.25) is 0 Å². The Morgan fingerprint density at radius 1 is 1.60 bits per heavy atom. The Bertz CT molecular complexity index is 405. The Kier molecular flexibility index (Phi) is 2.87. The molecule has 15 heavy (non-hydrogen) atoms. The maximum Gasteiger partial charge on any atom is 0.108 e. The standard InChI is InChI=1S/C11H15N3O/c1-14-6-5-13-11(14)3-2-10(12)9-4-7-15-8-9/h4-8,10H,2-3,12H2,1H3. The molecule has 0 amide bonds. The lowest BCUT2D eigenvalue weighted by Gasteiger charge is -2.08. The second kappa shape index (κ2) is 4.31. The van der Waals surface area contributed by atoms with Gasteiger partial charge in [-0.3, -0.25) is 0 Å². The molecule has 2 rings (SSSR count). The van der Waals surface area contributed by atoms with Gasteiger partial charge < -0.3 is 14.7 Å². The van der Waals surface area contributed by atoms with E-state index in [1.807, 2.05) is 23.9 Å². The van der Waals surface area contributed by atoms with E-state index < -0.39 is 0 Å². The average molecular weight is 205 g/mol. The smallest absolute Gasteiger partial charge is 0.108 e. The molecule has 1 atom stereocenters. The summed E-state index contributed by atoms with van der Waals surface area (Å²) in [4.78, 5) is 4.25. The van der Waals surface area contributed by atoms with E-state index in [2.05, 4.69) is 4.98 Å². The van der Waals surface area contributed by atoms with Crippen LogP contribution in [0.1, 0.15) is 23.9 Å². The Balaban J connectivity index is 1.91. The lowest BCUT2D eigenvalue weighted by Crippen LogP contribution is -2.11. The Labute approximate surface area is 88.7 Å². The molecule has 0 saturated carbocycles. The number of hydrogen-bond acceptors (Lipinski definition) is 3. The molecule has 4 heteroatoms. The highest BCUT2D eigenvalue weighted by Gasteiger charge is 2.08. The van der Waals surface area contributed by atoms with Crippen LogP contribution < -0.4 is 5.73 Å². The Hall–Kier alpha value is -1.55. The molecule has 0 aliphatic carbocycles. The first kappa shape index (κ1) is 9.98. The van der Waals surface area contributed by atoms with Gasteiger partial charge in [0, 0.05) is 37.5 Å². The molecular formula is C11H15N3O. The van der Waals surface area contributed by atoms with Crippen molar-refractivity contribution in [2.24, 2.45) is 12.8 Å². The van der Waals surface area contributed by atoms with E-state index in [4.69, 9.17) is 10.2 Å². The molecule has 1 unspecified atom stereocenters. The molecule has 0 radical (unpaired) electrons. The quantitative estimate of drug-likeness (QED) is 0.825. The van der Waals surface area contributed by atoms with Crippen molar-refractivity contribution < 1.29 is 4.42 Å². The van der Waals surface area contributed by atoms with Crippen LogP contribution in [0.15, 0.2) is 35.4 Å². The van der Waals surface area contributed by atoms with Gasteiger partial charge in [-0.2, -0.15) is 0 Å². The SMILES string of the molecule is Cn1ccnc1CCC(N)c1ccoc1. The van der Waals surface area contributed by atoms with E-state index in [-0.39, 0.29) is 6.04 Å². The summed E-state index contributed by atoms with van der Waals surface area (Å²) in [5, 5.41) is 0. The molecule has 0 fully saturated rings. The second-order valence-corrected chi connectivity index (χ2v) is 3.66. The van der Waals surface area contributed by atoms with Gasteiger partial charge in [0.05, 0.1) is 12.5 Å². The summed E-state index contributed by atoms with van der Waals surface area (Å²) in [5.41, 5.74) is 7.05. The Morgan fingerprint density at radius 2 is 2.47 bits per heavy atom. The molecule has 4 nitrogen and oxygen atoms in total. The van der Waals surface area contributed by atoms with Crippen LogP contribution in [0.5, 0.6) is 0 Å². The number of rotatable bonds is 4. The molecule has 2 aromatic heterocycles. The molecule has 2 aromatic rings. The van der Waals surface area contributed by atoms with Crippen molar-refractivity contribution in [3.05, 3.63) is 42.4 Å². The highest BCUT2D eigenvalue weighted by molar-refractivity contribution is 5.11. The fourth-order valence-corrected chi connectivity index (χ4v) is 1.57. The van der Waals surface area contributed by atoms with E-state index in [1.54, 1.807) is 18.7 Å². The van der Waals surface area contributed by atoms with E-state index in [1.165, 1.54) is 0 Å². The van der Waals surface area contributed by atoms with E-state index in [9.17, 15) is 0 Å². The number of aromatic nitrogens is 2. The molecule has 0 aromatic carbocycles. The first-order chi connectivity index (χ1) is 7.27. The number of imidazole rings is 1. The molecular weight excluding hydrogens is 190 g/mol. The summed E-state index contributed by atoms with van der Waals surface area (Å²) in [6.07, 6.45) is 8.86. The van der Waals surface area contributed by atoms with Gasteiger partial charge in [0.15, 0.2) is 0 Å².